The van der Waals surface area contributed by atoms with Crippen molar-refractivity contribution in [3.8, 4) is 5.82 Å². The van der Waals surface area contributed by atoms with E-state index in [9.17, 15) is 4.79 Å². The maximum atomic E-state index is 11.5. The zero-order chi connectivity index (χ0) is 13.5. The lowest BCUT2D eigenvalue weighted by Gasteiger charge is -2.05. The molecule has 3 aromatic heterocycles. The van der Waals surface area contributed by atoms with Crippen molar-refractivity contribution in [2.75, 3.05) is 0 Å². The summed E-state index contributed by atoms with van der Waals surface area (Å²) >= 11 is 0. The van der Waals surface area contributed by atoms with E-state index in [2.05, 4.69) is 9.97 Å². The van der Waals surface area contributed by atoms with Gasteiger partial charge in [0.25, 0.3) is 0 Å². The van der Waals surface area contributed by atoms with E-state index in [0.29, 0.717) is 0 Å². The zero-order valence-electron chi connectivity index (χ0n) is 10.6. The molecule has 0 aliphatic rings. The van der Waals surface area contributed by atoms with Crippen LogP contribution < -0.4 is 5.56 Å². The van der Waals surface area contributed by atoms with Gasteiger partial charge in [0.1, 0.15) is 5.82 Å². The van der Waals surface area contributed by atoms with Gasteiger partial charge < -0.3 is 9.55 Å². The van der Waals surface area contributed by atoms with Gasteiger partial charge >= 0.3 is 0 Å². The summed E-state index contributed by atoms with van der Waals surface area (Å²) in [6, 6.07) is 15.5. The smallest absolute Gasteiger partial charge is 0.250 e. The highest BCUT2D eigenvalue weighted by molar-refractivity contribution is 5.82. The molecule has 0 saturated heterocycles. The van der Waals surface area contributed by atoms with Crippen molar-refractivity contribution in [2.45, 2.75) is 0 Å². The number of nitrogens with zero attached hydrogens (tertiary/aromatic N) is 2. The van der Waals surface area contributed by atoms with Crippen LogP contribution in [-0.2, 0) is 0 Å². The minimum atomic E-state index is -0.113. The Hall–Kier alpha value is -2.88. The highest BCUT2D eigenvalue weighted by atomic mass is 16.1. The summed E-state index contributed by atoms with van der Waals surface area (Å²) in [5.74, 6) is 0.810. The molecule has 0 spiro atoms. The molecule has 4 nitrogen and oxygen atoms in total. The lowest BCUT2D eigenvalue weighted by molar-refractivity contribution is 1.06. The number of hydrogen-bond acceptors (Lipinski definition) is 2. The Labute approximate surface area is 114 Å². The summed E-state index contributed by atoms with van der Waals surface area (Å²) in [5, 5.41) is 2.09. The molecule has 0 saturated carbocycles. The van der Waals surface area contributed by atoms with Gasteiger partial charge in [-0.3, -0.25) is 4.79 Å². The van der Waals surface area contributed by atoms with Gasteiger partial charge in [-0.15, -0.1) is 0 Å². The molecule has 96 valence electrons. The molecule has 0 bridgehead atoms. The number of benzene rings is 1. The summed E-state index contributed by atoms with van der Waals surface area (Å²) in [7, 11) is 0. The van der Waals surface area contributed by atoms with Crippen LogP contribution in [0, 0.1) is 0 Å². The van der Waals surface area contributed by atoms with Crippen LogP contribution in [0.2, 0.25) is 0 Å². The summed E-state index contributed by atoms with van der Waals surface area (Å²) in [6.45, 7) is 0. The fraction of sp³-hybridized carbons (Fsp3) is 0. The molecule has 0 aliphatic carbocycles. The highest BCUT2D eigenvalue weighted by Crippen LogP contribution is 2.19. The van der Waals surface area contributed by atoms with E-state index in [4.69, 9.17) is 0 Å². The third kappa shape index (κ3) is 1.62. The van der Waals surface area contributed by atoms with Gasteiger partial charge in [-0.05, 0) is 24.3 Å². The van der Waals surface area contributed by atoms with Gasteiger partial charge in [0.05, 0.1) is 11.0 Å². The van der Waals surface area contributed by atoms with Crippen molar-refractivity contribution < 1.29 is 0 Å². The van der Waals surface area contributed by atoms with Crippen LogP contribution in [-0.4, -0.2) is 14.5 Å². The van der Waals surface area contributed by atoms with Gasteiger partial charge in [-0.1, -0.05) is 18.2 Å². The monoisotopic (exact) mass is 261 g/mol. The molecule has 0 amide bonds. The number of H-pyrrole nitrogens is 1. The van der Waals surface area contributed by atoms with Crippen molar-refractivity contribution in [3.63, 3.8) is 0 Å². The maximum absolute atomic E-state index is 11.5. The molecule has 0 unspecified atom stereocenters. The molecular formula is C16H11N3O. The normalized spacial score (nSPS) is 11.2. The molecule has 0 aliphatic heterocycles. The molecule has 1 aromatic carbocycles. The van der Waals surface area contributed by atoms with Gasteiger partial charge in [0.15, 0.2) is 0 Å². The maximum Gasteiger partial charge on any atom is 0.250 e. The largest absolute Gasteiger partial charge is 0.328 e. The Morgan fingerprint density at radius 3 is 2.85 bits per heavy atom. The van der Waals surface area contributed by atoms with Crippen LogP contribution in [0.25, 0.3) is 27.6 Å². The Bertz CT molecular complexity index is 982. The van der Waals surface area contributed by atoms with Crippen molar-refractivity contribution in [1.29, 1.82) is 0 Å². The molecule has 1 N–H and O–H groups in total. The van der Waals surface area contributed by atoms with E-state index in [1.807, 2.05) is 53.2 Å². The first-order valence-corrected chi connectivity index (χ1v) is 6.37. The second kappa shape index (κ2) is 4.06. The molecule has 0 fully saturated rings. The summed E-state index contributed by atoms with van der Waals surface area (Å²) < 4.78 is 1.93. The van der Waals surface area contributed by atoms with Crippen LogP contribution in [0.3, 0.4) is 0 Å². The summed E-state index contributed by atoms with van der Waals surface area (Å²) in [6.07, 6.45) is 3.64. The van der Waals surface area contributed by atoms with Crippen LogP contribution >= 0.6 is 0 Å². The average Bonchev–Trinajstić information content (AvgIpc) is 2.89. The number of aromatic nitrogens is 3. The molecule has 20 heavy (non-hydrogen) atoms. The molecule has 0 atom stereocenters. The second-order valence-electron chi connectivity index (χ2n) is 4.69. The zero-order valence-corrected chi connectivity index (χ0v) is 10.6. The number of rotatable bonds is 1. The Kier molecular flexibility index (Phi) is 2.23. The minimum absolute atomic E-state index is 0.113. The van der Waals surface area contributed by atoms with Crippen molar-refractivity contribution in [2.24, 2.45) is 0 Å². The van der Waals surface area contributed by atoms with Gasteiger partial charge in [0, 0.05) is 29.2 Å². The number of nitrogens with one attached hydrogen (secondary N) is 1. The molecule has 3 heterocycles. The number of para-hydroxylation sites is 1. The van der Waals surface area contributed by atoms with E-state index >= 15 is 0 Å². The third-order valence-electron chi connectivity index (χ3n) is 3.43. The molecule has 0 radical (unpaired) electrons. The second-order valence-corrected chi connectivity index (χ2v) is 4.69. The van der Waals surface area contributed by atoms with Crippen molar-refractivity contribution in [1.82, 2.24) is 14.5 Å². The summed E-state index contributed by atoms with van der Waals surface area (Å²) in [4.78, 5) is 18.8. The minimum Gasteiger partial charge on any atom is -0.328 e. The lowest BCUT2D eigenvalue weighted by atomic mass is 10.2. The van der Waals surface area contributed by atoms with Crippen molar-refractivity contribution >= 4 is 21.8 Å². The molecule has 4 heteroatoms. The molecule has 4 aromatic rings. The topological polar surface area (TPSA) is 50.7 Å². The number of hydrogen-bond donors (Lipinski definition) is 1. The van der Waals surface area contributed by atoms with E-state index in [0.717, 1.165) is 27.6 Å². The van der Waals surface area contributed by atoms with Gasteiger partial charge in [0.2, 0.25) is 5.56 Å². The van der Waals surface area contributed by atoms with Crippen LogP contribution in [0.1, 0.15) is 0 Å². The molecular weight excluding hydrogens is 250 g/mol. The van der Waals surface area contributed by atoms with Crippen LogP contribution in [0.5, 0.6) is 0 Å². The number of pyridine rings is 2. The SMILES string of the molecule is O=c1cc2c(ccn2-c2ccc3ccccc3n2)c[nH]1. The first-order chi connectivity index (χ1) is 9.81. The Morgan fingerprint density at radius 1 is 1.00 bits per heavy atom. The number of fused-ring (bicyclic) bond motifs is 2. The predicted molar refractivity (Wildman–Crippen MR) is 79.2 cm³/mol. The van der Waals surface area contributed by atoms with E-state index in [1.165, 1.54) is 0 Å². The Balaban J connectivity index is 2.00. The average molecular weight is 261 g/mol. The first kappa shape index (κ1) is 11.0. The van der Waals surface area contributed by atoms with E-state index < -0.39 is 0 Å². The predicted octanol–water partition coefficient (Wildman–Crippen LogP) is 2.87. The van der Waals surface area contributed by atoms with Gasteiger partial charge in [-0.25, -0.2) is 4.98 Å². The standard InChI is InChI=1S/C16H11N3O/c20-16-9-14-12(10-17-16)7-8-19(14)15-6-5-11-3-1-2-4-13(11)18-15/h1-10H,(H,17,20). The van der Waals surface area contributed by atoms with E-state index in [1.54, 1.807) is 12.3 Å². The van der Waals surface area contributed by atoms with Crippen molar-refractivity contribution in [3.05, 3.63) is 71.3 Å². The quantitative estimate of drug-likeness (QED) is 0.572. The lowest BCUT2D eigenvalue weighted by Crippen LogP contribution is -2.04. The molecule has 4 rings (SSSR count). The van der Waals surface area contributed by atoms with Gasteiger partial charge in [-0.2, -0.15) is 0 Å². The highest BCUT2D eigenvalue weighted by Gasteiger charge is 2.05. The fourth-order valence-electron chi connectivity index (χ4n) is 2.44. The van der Waals surface area contributed by atoms with Crippen LogP contribution in [0.4, 0.5) is 0 Å². The summed E-state index contributed by atoms with van der Waals surface area (Å²) in [5.41, 5.74) is 1.69. The Morgan fingerprint density at radius 2 is 1.90 bits per heavy atom. The van der Waals surface area contributed by atoms with E-state index in [-0.39, 0.29) is 5.56 Å². The third-order valence-corrected chi connectivity index (χ3v) is 3.43. The van der Waals surface area contributed by atoms with Crippen LogP contribution in [0.15, 0.2) is 65.7 Å². The number of aromatic amines is 1. The fourth-order valence-corrected chi connectivity index (χ4v) is 2.44. The first-order valence-electron chi connectivity index (χ1n) is 6.37.